The normalized spacial score (nSPS) is 50.1. The number of hydrogen-bond acceptors (Lipinski definition) is 7. The van der Waals surface area contributed by atoms with Crippen molar-refractivity contribution < 1.29 is 34.3 Å². The summed E-state index contributed by atoms with van der Waals surface area (Å²) in [4.78, 5) is 14.9. The average molecular weight is 606 g/mol. The Bertz CT molecular complexity index is 1070. The lowest BCUT2D eigenvalue weighted by Crippen LogP contribution is -2.64. The summed E-state index contributed by atoms with van der Waals surface area (Å²) in [6.07, 6.45) is 4.20. The van der Waals surface area contributed by atoms with Crippen LogP contribution in [0.2, 0.25) is 0 Å². The van der Waals surface area contributed by atoms with Gasteiger partial charge in [0.1, 0.15) is 12.2 Å². The zero-order valence-electron chi connectivity index (χ0n) is 28.0. The van der Waals surface area contributed by atoms with E-state index in [1.807, 2.05) is 0 Å². The fraction of sp³-hybridized carbons (Fsp3) is 0.971. The second kappa shape index (κ2) is 10.5. The lowest BCUT2D eigenvalue weighted by atomic mass is 9.37. The number of fused-ring (bicyclic) bond motifs is 7. The number of aliphatic hydroxyl groups excluding tert-OH is 2. The number of rotatable bonds is 3. The van der Waals surface area contributed by atoms with Crippen molar-refractivity contribution in [3.8, 4) is 0 Å². The van der Waals surface area contributed by atoms with Gasteiger partial charge in [0.25, 0.3) is 0 Å². The monoisotopic (exact) mass is 605 g/mol. The summed E-state index contributed by atoms with van der Waals surface area (Å²) >= 11 is 0. The van der Waals surface area contributed by atoms with Gasteiger partial charge in [-0.25, -0.2) is 4.79 Å². The van der Waals surface area contributed by atoms with Gasteiger partial charge in [0, 0.05) is 23.9 Å². The number of carbonyl (C=O) groups is 1. The summed E-state index contributed by atoms with van der Waals surface area (Å²) in [6, 6.07) is 0. The molecule has 2 saturated heterocycles. The number of morpholine rings is 1. The van der Waals surface area contributed by atoms with Gasteiger partial charge in [-0.1, -0.05) is 41.5 Å². The van der Waals surface area contributed by atoms with E-state index < -0.39 is 23.9 Å². The van der Waals surface area contributed by atoms with Crippen LogP contribution in [0.1, 0.15) is 100 Å². The Morgan fingerprint density at radius 1 is 1.00 bits per heavy atom. The molecule has 6 rings (SSSR count). The van der Waals surface area contributed by atoms with Crippen LogP contribution in [0, 0.1) is 51.2 Å². The molecular weight excluding hydrogens is 546 g/mol. The molecule has 4 saturated carbocycles. The van der Waals surface area contributed by atoms with E-state index in [4.69, 9.17) is 14.2 Å². The minimum atomic E-state index is -1.26. The fourth-order valence-electron chi connectivity index (χ4n) is 12.2. The topological polar surface area (TPSA) is 109 Å². The summed E-state index contributed by atoms with van der Waals surface area (Å²) in [7, 11) is 0. The van der Waals surface area contributed by atoms with E-state index in [0.717, 1.165) is 38.5 Å². The van der Waals surface area contributed by atoms with Crippen molar-refractivity contribution >= 4 is 6.09 Å². The van der Waals surface area contributed by atoms with Crippen LogP contribution < -0.4 is 0 Å². The lowest BCUT2D eigenvalue weighted by molar-refractivity contribution is -0.220. The first-order valence-electron chi connectivity index (χ1n) is 17.2. The van der Waals surface area contributed by atoms with Gasteiger partial charge in [0.05, 0.1) is 37.1 Å². The number of ether oxygens (including phenoxy) is 3. The minimum Gasteiger partial charge on any atom is -0.446 e. The van der Waals surface area contributed by atoms with Crippen LogP contribution in [0.5, 0.6) is 0 Å². The highest BCUT2D eigenvalue weighted by Gasteiger charge is 2.75. The number of carbonyl (C=O) groups excluding carboxylic acids is 1. The first-order valence-corrected chi connectivity index (χ1v) is 17.2. The van der Waals surface area contributed by atoms with Gasteiger partial charge in [-0.05, 0) is 99.2 Å². The molecule has 8 nitrogen and oxygen atoms in total. The molecule has 0 aromatic heterocycles. The van der Waals surface area contributed by atoms with E-state index in [1.54, 1.807) is 18.7 Å². The van der Waals surface area contributed by atoms with Gasteiger partial charge in [-0.2, -0.15) is 0 Å². The van der Waals surface area contributed by atoms with Crippen molar-refractivity contribution in [3.05, 3.63) is 0 Å². The summed E-state index contributed by atoms with van der Waals surface area (Å²) in [5.74, 6) is 1.82. The van der Waals surface area contributed by atoms with Crippen LogP contribution in [-0.2, 0) is 14.2 Å². The molecule has 2 aliphatic heterocycles. The van der Waals surface area contributed by atoms with E-state index >= 15 is 0 Å². The standard InChI is InChI=1S/C35H59NO7/c1-20-19-23(28(37)32(4,5)40)42-27-26(20)34(7)14-13-33(6)22-10-12-25(43-30(39)36-15-17-41-18-16-36)31(2,3)21(22)9-11-24(33)35(34,8)29(27)38/h20-29,37-38,40H,9-19H2,1-8H3/t20-,21-,22?,23-,24-,25+,26?,27+,28+,29+,33+,34-,35-/m1/s1. The van der Waals surface area contributed by atoms with Gasteiger partial charge in [0.2, 0.25) is 0 Å². The summed E-state index contributed by atoms with van der Waals surface area (Å²) in [6.45, 7) is 19.8. The molecule has 2 heterocycles. The van der Waals surface area contributed by atoms with E-state index in [2.05, 4.69) is 41.5 Å². The van der Waals surface area contributed by atoms with E-state index in [-0.39, 0.29) is 51.8 Å². The molecule has 246 valence electrons. The molecule has 4 aliphatic carbocycles. The molecule has 0 aromatic carbocycles. The highest BCUT2D eigenvalue weighted by atomic mass is 16.6. The van der Waals surface area contributed by atoms with Gasteiger partial charge < -0.3 is 34.4 Å². The highest BCUT2D eigenvalue weighted by molar-refractivity contribution is 5.68. The molecule has 6 fully saturated rings. The maximum absolute atomic E-state index is 13.1. The SMILES string of the molecule is C[C@@H]1C[C@H]([C@H](O)C(C)(C)O)O[C@H]2C1[C@@]1(C)CC[C@@]3(C)C4CC[C@H](OC(=O)N5CCOCC5)C(C)(C)[C@@H]4CC[C@H]3[C@]1(C)[C@H]2O. The molecule has 2 unspecified atom stereocenters. The van der Waals surface area contributed by atoms with Gasteiger partial charge >= 0.3 is 6.09 Å². The van der Waals surface area contributed by atoms with Crippen molar-refractivity contribution in [1.29, 1.82) is 0 Å². The van der Waals surface area contributed by atoms with E-state index in [9.17, 15) is 20.1 Å². The molecule has 13 atom stereocenters. The van der Waals surface area contributed by atoms with Gasteiger partial charge in [-0.3, -0.25) is 0 Å². The van der Waals surface area contributed by atoms with Crippen molar-refractivity contribution in [2.45, 2.75) is 136 Å². The highest BCUT2D eigenvalue weighted by Crippen LogP contribution is 2.76. The van der Waals surface area contributed by atoms with Crippen molar-refractivity contribution in [2.75, 3.05) is 26.3 Å². The number of nitrogens with zero attached hydrogens (tertiary/aromatic N) is 1. The summed E-state index contributed by atoms with van der Waals surface area (Å²) < 4.78 is 18.3. The van der Waals surface area contributed by atoms with Crippen LogP contribution in [0.4, 0.5) is 4.79 Å². The number of amides is 1. The molecular formula is C35H59NO7. The molecule has 6 aliphatic rings. The number of aliphatic hydroxyl groups is 3. The van der Waals surface area contributed by atoms with E-state index in [0.29, 0.717) is 50.5 Å². The molecule has 8 heteroatoms. The number of hydrogen-bond donors (Lipinski definition) is 3. The van der Waals surface area contributed by atoms with Gasteiger partial charge in [-0.15, -0.1) is 0 Å². The van der Waals surface area contributed by atoms with Crippen molar-refractivity contribution in [3.63, 3.8) is 0 Å². The predicted octanol–water partition coefficient (Wildman–Crippen LogP) is 5.02. The molecule has 0 radical (unpaired) electrons. The quantitative estimate of drug-likeness (QED) is 0.415. The van der Waals surface area contributed by atoms with Crippen LogP contribution >= 0.6 is 0 Å². The van der Waals surface area contributed by atoms with E-state index in [1.165, 1.54) is 0 Å². The second-order valence-electron chi connectivity index (χ2n) is 17.3. The Kier molecular flexibility index (Phi) is 7.86. The first kappa shape index (κ1) is 32.0. The maximum Gasteiger partial charge on any atom is 0.410 e. The molecule has 0 bridgehead atoms. The largest absolute Gasteiger partial charge is 0.446 e. The average Bonchev–Trinajstić information content (AvgIpc) is 3.12. The molecule has 43 heavy (non-hydrogen) atoms. The third kappa shape index (κ3) is 4.57. The van der Waals surface area contributed by atoms with Crippen molar-refractivity contribution in [1.82, 2.24) is 4.90 Å². The first-order chi connectivity index (χ1) is 20.0. The fourth-order valence-corrected chi connectivity index (χ4v) is 12.2. The third-order valence-corrected chi connectivity index (χ3v) is 14.7. The Balaban J connectivity index is 1.25. The molecule has 0 aromatic rings. The molecule has 3 N–H and O–H groups in total. The van der Waals surface area contributed by atoms with Crippen LogP contribution in [-0.4, -0.2) is 88.7 Å². The minimum absolute atomic E-state index is 0.0709. The maximum atomic E-state index is 13.1. The Hall–Kier alpha value is -0.930. The Morgan fingerprint density at radius 3 is 2.30 bits per heavy atom. The van der Waals surface area contributed by atoms with Crippen LogP contribution in [0.3, 0.4) is 0 Å². The smallest absolute Gasteiger partial charge is 0.410 e. The predicted molar refractivity (Wildman–Crippen MR) is 163 cm³/mol. The lowest BCUT2D eigenvalue weighted by Gasteiger charge is -2.68. The van der Waals surface area contributed by atoms with Crippen LogP contribution in [0.25, 0.3) is 0 Å². The molecule has 1 amide bonds. The zero-order valence-corrected chi connectivity index (χ0v) is 28.0. The molecule has 0 spiro atoms. The Labute approximate surface area is 259 Å². The van der Waals surface area contributed by atoms with Crippen LogP contribution in [0.15, 0.2) is 0 Å². The third-order valence-electron chi connectivity index (χ3n) is 14.7. The van der Waals surface area contributed by atoms with Gasteiger partial charge in [0.15, 0.2) is 0 Å². The Morgan fingerprint density at radius 2 is 1.65 bits per heavy atom. The second-order valence-corrected chi connectivity index (χ2v) is 17.3. The van der Waals surface area contributed by atoms with Crippen molar-refractivity contribution in [2.24, 2.45) is 51.2 Å². The zero-order chi connectivity index (χ0) is 31.3. The summed E-state index contributed by atoms with van der Waals surface area (Å²) in [5, 5.41) is 33.9. The summed E-state index contributed by atoms with van der Waals surface area (Å²) in [5.41, 5.74) is -1.69.